The Balaban J connectivity index is 1.44. The first-order chi connectivity index (χ1) is 20.4. The zero-order valence-corrected chi connectivity index (χ0v) is 25.2. The standard InChI is InChI=1S/C34H22Br2N2O4/c35-25-18-24(31(30(36)20-25)42-21-23-12-9-11-22-10-7-8-17-28(22)23)19-29-32(39)37(26-13-3-1-4-14-26)34(41)38(33(29)40)27-15-5-2-6-16-27/h1-20H,21H2. The molecule has 6 rings (SSSR count). The second kappa shape index (κ2) is 11.8. The summed E-state index contributed by atoms with van der Waals surface area (Å²) in [5.41, 5.74) is 2.01. The molecule has 206 valence electrons. The van der Waals surface area contributed by atoms with Crippen LogP contribution in [0.3, 0.4) is 0 Å². The van der Waals surface area contributed by atoms with Crippen molar-refractivity contribution in [3.05, 3.63) is 141 Å². The Kier molecular flexibility index (Phi) is 7.73. The molecule has 0 bridgehead atoms. The lowest BCUT2D eigenvalue weighted by atomic mass is 10.0. The fraction of sp³-hybridized carbons (Fsp3) is 0.0294. The predicted molar refractivity (Wildman–Crippen MR) is 171 cm³/mol. The summed E-state index contributed by atoms with van der Waals surface area (Å²) in [4.78, 5) is 43.4. The number of ether oxygens (including phenoxy) is 1. The Morgan fingerprint density at radius 1 is 0.667 bits per heavy atom. The molecule has 4 amide bonds. The third kappa shape index (κ3) is 5.26. The third-order valence-corrected chi connectivity index (χ3v) is 7.91. The van der Waals surface area contributed by atoms with E-state index in [4.69, 9.17) is 4.74 Å². The van der Waals surface area contributed by atoms with Gasteiger partial charge in [0.2, 0.25) is 0 Å². The Hall–Kier alpha value is -4.53. The highest BCUT2D eigenvalue weighted by Gasteiger charge is 2.43. The fourth-order valence-electron chi connectivity index (χ4n) is 4.90. The van der Waals surface area contributed by atoms with Gasteiger partial charge >= 0.3 is 6.03 Å². The van der Waals surface area contributed by atoms with Crippen molar-refractivity contribution in [3.8, 4) is 5.75 Å². The first-order valence-corrected chi connectivity index (χ1v) is 14.6. The Labute approximate surface area is 259 Å². The lowest BCUT2D eigenvalue weighted by Gasteiger charge is -2.34. The minimum atomic E-state index is -0.748. The molecule has 0 spiro atoms. The van der Waals surface area contributed by atoms with Gasteiger partial charge in [-0.2, -0.15) is 0 Å². The molecule has 42 heavy (non-hydrogen) atoms. The molecule has 8 heteroatoms. The van der Waals surface area contributed by atoms with Gasteiger partial charge in [-0.1, -0.05) is 94.8 Å². The average molecular weight is 682 g/mol. The quantitative estimate of drug-likeness (QED) is 0.133. The molecule has 0 aliphatic carbocycles. The summed E-state index contributed by atoms with van der Waals surface area (Å²) < 4.78 is 7.69. The van der Waals surface area contributed by atoms with Crippen molar-refractivity contribution in [1.29, 1.82) is 0 Å². The molecule has 0 unspecified atom stereocenters. The SMILES string of the molecule is O=C1C(=Cc2cc(Br)cc(Br)c2OCc2cccc3ccccc23)C(=O)N(c2ccccc2)C(=O)N1c1ccccc1. The van der Waals surface area contributed by atoms with E-state index in [1.165, 1.54) is 6.08 Å². The number of halogens is 2. The van der Waals surface area contributed by atoms with Crippen molar-refractivity contribution in [2.45, 2.75) is 6.61 Å². The van der Waals surface area contributed by atoms with E-state index in [9.17, 15) is 14.4 Å². The lowest BCUT2D eigenvalue weighted by molar-refractivity contribution is -0.121. The zero-order valence-electron chi connectivity index (χ0n) is 22.0. The normalized spacial score (nSPS) is 13.6. The Morgan fingerprint density at radius 3 is 1.88 bits per heavy atom. The molecule has 0 atom stereocenters. The van der Waals surface area contributed by atoms with Crippen LogP contribution in [0.4, 0.5) is 16.2 Å². The highest BCUT2D eigenvalue weighted by Crippen LogP contribution is 2.37. The van der Waals surface area contributed by atoms with Gasteiger partial charge in [0.05, 0.1) is 15.8 Å². The van der Waals surface area contributed by atoms with Gasteiger partial charge in [0.15, 0.2) is 0 Å². The number of rotatable bonds is 6. The highest BCUT2D eigenvalue weighted by molar-refractivity contribution is 9.11. The van der Waals surface area contributed by atoms with Crippen molar-refractivity contribution >= 4 is 77.9 Å². The zero-order chi connectivity index (χ0) is 29.2. The van der Waals surface area contributed by atoms with Gasteiger partial charge in [0.25, 0.3) is 11.8 Å². The van der Waals surface area contributed by atoms with Gasteiger partial charge in [-0.15, -0.1) is 0 Å². The van der Waals surface area contributed by atoms with Crippen LogP contribution in [0.25, 0.3) is 16.8 Å². The van der Waals surface area contributed by atoms with Gasteiger partial charge in [-0.25, -0.2) is 14.6 Å². The number of anilines is 2. The van der Waals surface area contributed by atoms with Gasteiger partial charge in [-0.05, 0) is 74.7 Å². The van der Waals surface area contributed by atoms with E-state index >= 15 is 0 Å². The molecule has 0 N–H and O–H groups in total. The molecular formula is C34H22Br2N2O4. The molecule has 0 saturated carbocycles. The smallest absolute Gasteiger partial charge is 0.343 e. The molecule has 0 radical (unpaired) electrons. The van der Waals surface area contributed by atoms with Gasteiger partial charge in [0.1, 0.15) is 17.9 Å². The molecule has 1 saturated heterocycles. The monoisotopic (exact) mass is 680 g/mol. The van der Waals surface area contributed by atoms with E-state index in [2.05, 4.69) is 31.9 Å². The number of hydrogen-bond donors (Lipinski definition) is 0. The van der Waals surface area contributed by atoms with Crippen LogP contribution in [0.5, 0.6) is 5.75 Å². The van der Waals surface area contributed by atoms with Gasteiger partial charge in [-0.3, -0.25) is 9.59 Å². The maximum Gasteiger partial charge on any atom is 0.343 e. The van der Waals surface area contributed by atoms with Crippen LogP contribution >= 0.6 is 31.9 Å². The number of hydrogen-bond acceptors (Lipinski definition) is 4. The second-order valence-electron chi connectivity index (χ2n) is 9.53. The molecular weight excluding hydrogens is 660 g/mol. The largest absolute Gasteiger partial charge is 0.487 e. The molecule has 1 aliphatic rings. The van der Waals surface area contributed by atoms with Crippen molar-refractivity contribution in [3.63, 3.8) is 0 Å². The molecule has 1 aliphatic heterocycles. The lowest BCUT2D eigenvalue weighted by Crippen LogP contribution is -2.57. The highest BCUT2D eigenvalue weighted by atomic mass is 79.9. The number of nitrogens with zero attached hydrogens (tertiary/aromatic N) is 2. The molecule has 6 nitrogen and oxygen atoms in total. The van der Waals surface area contributed by atoms with E-state index in [1.54, 1.807) is 66.7 Å². The number of carbonyl (C=O) groups is 3. The van der Waals surface area contributed by atoms with Crippen LogP contribution in [0.2, 0.25) is 0 Å². The number of benzene rings is 5. The summed E-state index contributed by atoms with van der Waals surface area (Å²) in [6, 6.07) is 34.1. The summed E-state index contributed by atoms with van der Waals surface area (Å²) in [6.45, 7) is 0.254. The first-order valence-electron chi connectivity index (χ1n) is 13.1. The average Bonchev–Trinajstić information content (AvgIpc) is 3.00. The minimum absolute atomic E-state index is 0.178. The summed E-state index contributed by atoms with van der Waals surface area (Å²) in [7, 11) is 0. The van der Waals surface area contributed by atoms with Gasteiger partial charge < -0.3 is 4.74 Å². The number of imide groups is 2. The number of fused-ring (bicyclic) bond motifs is 1. The minimum Gasteiger partial charge on any atom is -0.487 e. The van der Waals surface area contributed by atoms with Crippen LogP contribution in [-0.4, -0.2) is 17.8 Å². The number of para-hydroxylation sites is 2. The van der Waals surface area contributed by atoms with Crippen molar-refractivity contribution in [2.75, 3.05) is 9.80 Å². The van der Waals surface area contributed by atoms with E-state index < -0.39 is 17.8 Å². The molecule has 5 aromatic carbocycles. The van der Waals surface area contributed by atoms with Gasteiger partial charge in [0, 0.05) is 10.0 Å². The summed E-state index contributed by atoms with van der Waals surface area (Å²) in [5, 5.41) is 2.17. The third-order valence-electron chi connectivity index (χ3n) is 6.87. The maximum absolute atomic E-state index is 13.9. The molecule has 5 aromatic rings. The van der Waals surface area contributed by atoms with Crippen molar-refractivity contribution in [1.82, 2.24) is 0 Å². The summed E-state index contributed by atoms with van der Waals surface area (Å²) in [5.74, 6) is -0.993. The van der Waals surface area contributed by atoms with Crippen molar-refractivity contribution < 1.29 is 19.1 Å². The van der Waals surface area contributed by atoms with E-state index in [0.29, 0.717) is 31.6 Å². The topological polar surface area (TPSA) is 66.9 Å². The number of urea groups is 1. The molecule has 0 aromatic heterocycles. The predicted octanol–water partition coefficient (Wildman–Crippen LogP) is 8.53. The van der Waals surface area contributed by atoms with Crippen molar-refractivity contribution in [2.24, 2.45) is 0 Å². The number of amides is 4. The van der Waals surface area contributed by atoms with Crippen LogP contribution in [0.15, 0.2) is 130 Å². The number of barbiturate groups is 1. The number of carbonyl (C=O) groups excluding carboxylic acids is 3. The van der Waals surface area contributed by atoms with E-state index in [1.807, 2.05) is 48.5 Å². The van der Waals surface area contributed by atoms with Crippen LogP contribution in [-0.2, 0) is 16.2 Å². The van der Waals surface area contributed by atoms with Crippen LogP contribution < -0.4 is 14.5 Å². The van der Waals surface area contributed by atoms with Crippen LogP contribution in [0.1, 0.15) is 11.1 Å². The fourth-order valence-corrected chi connectivity index (χ4v) is 6.28. The Bertz CT molecular complexity index is 1800. The van der Waals surface area contributed by atoms with E-state index in [-0.39, 0.29) is 12.2 Å². The summed E-state index contributed by atoms with van der Waals surface area (Å²) >= 11 is 7.11. The van der Waals surface area contributed by atoms with E-state index in [0.717, 1.165) is 26.1 Å². The Morgan fingerprint density at radius 2 is 1.24 bits per heavy atom. The molecule has 1 heterocycles. The van der Waals surface area contributed by atoms with Crippen LogP contribution in [0, 0.1) is 0 Å². The first kappa shape index (κ1) is 27.6. The summed E-state index contributed by atoms with van der Waals surface area (Å²) in [6.07, 6.45) is 1.48. The maximum atomic E-state index is 13.9. The second-order valence-corrected chi connectivity index (χ2v) is 11.3. The molecule has 1 fully saturated rings.